The number of aryl methyl sites for hydroxylation is 3. The summed E-state index contributed by atoms with van der Waals surface area (Å²) in [5.74, 6) is 0.491. The van der Waals surface area contributed by atoms with Crippen molar-refractivity contribution in [1.82, 2.24) is 10.1 Å². The van der Waals surface area contributed by atoms with Crippen LogP contribution in [-0.2, 0) is 11.2 Å². The summed E-state index contributed by atoms with van der Waals surface area (Å²) in [5.41, 5.74) is 3.59. The Balaban J connectivity index is 1.84. The van der Waals surface area contributed by atoms with Gasteiger partial charge in [0.25, 0.3) is 0 Å². The zero-order valence-corrected chi connectivity index (χ0v) is 13.2. The van der Waals surface area contributed by atoms with Crippen molar-refractivity contribution in [2.45, 2.75) is 27.2 Å². The van der Waals surface area contributed by atoms with Gasteiger partial charge in [0.15, 0.2) is 0 Å². The van der Waals surface area contributed by atoms with Gasteiger partial charge in [-0.05, 0) is 38.5 Å². The fourth-order valence-corrected chi connectivity index (χ4v) is 2.63. The number of pyridine rings is 1. The topological polar surface area (TPSA) is 88.0 Å². The molecule has 3 rings (SSSR count). The molecule has 2 aromatic heterocycles. The third kappa shape index (κ3) is 3.01. The summed E-state index contributed by atoms with van der Waals surface area (Å²) < 4.78 is 5.06. The Morgan fingerprint density at radius 1 is 1.26 bits per heavy atom. The highest BCUT2D eigenvalue weighted by Gasteiger charge is 2.13. The first kappa shape index (κ1) is 15.0. The number of anilines is 1. The van der Waals surface area contributed by atoms with Gasteiger partial charge < -0.3 is 14.8 Å². The van der Waals surface area contributed by atoms with Crippen LogP contribution in [0.1, 0.15) is 22.6 Å². The number of carbonyl (C=O) groups is 1. The molecule has 23 heavy (non-hydrogen) atoms. The van der Waals surface area contributed by atoms with Crippen molar-refractivity contribution >= 4 is 22.5 Å². The number of carbonyl (C=O) groups excluding carboxylic acids is 1. The zero-order chi connectivity index (χ0) is 16.6. The Morgan fingerprint density at radius 3 is 2.74 bits per heavy atom. The number of H-pyrrole nitrogens is 1. The monoisotopic (exact) mass is 311 g/mol. The number of nitrogens with zero attached hydrogens (tertiary/aromatic N) is 1. The summed E-state index contributed by atoms with van der Waals surface area (Å²) in [4.78, 5) is 26.5. The number of rotatable bonds is 3. The summed E-state index contributed by atoms with van der Waals surface area (Å²) >= 11 is 0. The van der Waals surface area contributed by atoms with Gasteiger partial charge in [0, 0.05) is 22.7 Å². The molecule has 0 fully saturated rings. The average molecular weight is 311 g/mol. The third-order valence-corrected chi connectivity index (χ3v) is 3.85. The molecule has 0 spiro atoms. The van der Waals surface area contributed by atoms with E-state index in [0.29, 0.717) is 17.0 Å². The quantitative estimate of drug-likeness (QED) is 0.778. The van der Waals surface area contributed by atoms with Crippen LogP contribution in [0.3, 0.4) is 0 Å². The highest BCUT2D eigenvalue weighted by atomic mass is 16.5. The maximum absolute atomic E-state index is 12.2. The van der Waals surface area contributed by atoms with E-state index in [1.165, 1.54) is 0 Å². The summed E-state index contributed by atoms with van der Waals surface area (Å²) in [6.07, 6.45) is 0.198. The molecule has 0 aliphatic rings. The van der Waals surface area contributed by atoms with Crippen molar-refractivity contribution in [3.63, 3.8) is 0 Å². The minimum atomic E-state index is -0.159. The van der Waals surface area contributed by atoms with Crippen molar-refractivity contribution in [1.29, 1.82) is 0 Å². The SMILES string of the molecule is Cc1noc(C)c1CC(=O)Nc1ccc2c(C)cc(=O)[nH]c2c1. The average Bonchev–Trinajstić information content (AvgIpc) is 2.78. The van der Waals surface area contributed by atoms with Crippen molar-refractivity contribution in [3.8, 4) is 0 Å². The summed E-state index contributed by atoms with van der Waals surface area (Å²) in [7, 11) is 0. The van der Waals surface area contributed by atoms with Crippen molar-refractivity contribution < 1.29 is 9.32 Å². The normalized spacial score (nSPS) is 10.9. The van der Waals surface area contributed by atoms with Gasteiger partial charge in [-0.15, -0.1) is 0 Å². The molecule has 2 N–H and O–H groups in total. The van der Waals surface area contributed by atoms with Crippen molar-refractivity contribution in [2.75, 3.05) is 5.32 Å². The van der Waals surface area contributed by atoms with Crippen LogP contribution < -0.4 is 10.9 Å². The maximum Gasteiger partial charge on any atom is 0.248 e. The molecule has 1 aromatic carbocycles. The van der Waals surface area contributed by atoms with E-state index in [0.717, 1.165) is 22.2 Å². The molecule has 6 heteroatoms. The Kier molecular flexibility index (Phi) is 3.73. The second-order valence-corrected chi connectivity index (χ2v) is 5.60. The predicted molar refractivity (Wildman–Crippen MR) is 87.6 cm³/mol. The van der Waals surface area contributed by atoms with Crippen LogP contribution in [0, 0.1) is 20.8 Å². The molecule has 0 bridgehead atoms. The van der Waals surface area contributed by atoms with Gasteiger partial charge in [0.05, 0.1) is 17.6 Å². The lowest BCUT2D eigenvalue weighted by Crippen LogP contribution is -2.15. The van der Waals surface area contributed by atoms with E-state index >= 15 is 0 Å². The molecular formula is C17H17N3O3. The van der Waals surface area contributed by atoms with Crippen LogP contribution in [0.2, 0.25) is 0 Å². The molecule has 0 radical (unpaired) electrons. The number of fused-ring (bicyclic) bond motifs is 1. The van der Waals surface area contributed by atoms with Crippen LogP contribution in [-0.4, -0.2) is 16.0 Å². The lowest BCUT2D eigenvalue weighted by atomic mass is 10.1. The first-order valence-electron chi connectivity index (χ1n) is 7.29. The standard InChI is InChI=1S/C17H17N3O3/c1-9-6-16(21)19-15-7-12(4-5-13(9)15)18-17(22)8-14-10(2)20-23-11(14)3/h4-7H,8H2,1-3H3,(H,18,22)(H,19,21). The van der Waals surface area contributed by atoms with E-state index < -0.39 is 0 Å². The van der Waals surface area contributed by atoms with E-state index in [9.17, 15) is 9.59 Å². The number of benzene rings is 1. The van der Waals surface area contributed by atoms with E-state index in [1.54, 1.807) is 19.1 Å². The van der Waals surface area contributed by atoms with Gasteiger partial charge >= 0.3 is 0 Å². The van der Waals surface area contributed by atoms with Gasteiger partial charge in [-0.3, -0.25) is 9.59 Å². The number of amides is 1. The fourth-order valence-electron chi connectivity index (χ4n) is 2.63. The molecule has 0 aliphatic heterocycles. The highest BCUT2D eigenvalue weighted by Crippen LogP contribution is 2.20. The van der Waals surface area contributed by atoms with Gasteiger partial charge in [-0.1, -0.05) is 11.2 Å². The van der Waals surface area contributed by atoms with E-state index in [1.807, 2.05) is 26.0 Å². The minimum absolute atomic E-state index is 0.158. The molecule has 0 saturated heterocycles. The lowest BCUT2D eigenvalue weighted by Gasteiger charge is -2.07. The third-order valence-electron chi connectivity index (χ3n) is 3.85. The van der Waals surface area contributed by atoms with Crippen LogP contribution in [0.15, 0.2) is 33.6 Å². The second kappa shape index (κ2) is 5.72. The number of hydrogen-bond acceptors (Lipinski definition) is 4. The lowest BCUT2D eigenvalue weighted by molar-refractivity contribution is -0.115. The number of aromatic nitrogens is 2. The number of nitrogens with one attached hydrogen (secondary N) is 2. The molecule has 0 atom stereocenters. The smallest absolute Gasteiger partial charge is 0.248 e. The van der Waals surface area contributed by atoms with E-state index in [4.69, 9.17) is 4.52 Å². The largest absolute Gasteiger partial charge is 0.361 e. The summed E-state index contributed by atoms with van der Waals surface area (Å²) in [6, 6.07) is 7.01. The van der Waals surface area contributed by atoms with Gasteiger partial charge in [0.1, 0.15) is 5.76 Å². The maximum atomic E-state index is 12.2. The minimum Gasteiger partial charge on any atom is -0.361 e. The predicted octanol–water partition coefficient (Wildman–Crippen LogP) is 2.62. The van der Waals surface area contributed by atoms with Crippen LogP contribution in [0.4, 0.5) is 5.69 Å². The van der Waals surface area contributed by atoms with E-state index in [-0.39, 0.29) is 17.9 Å². The Bertz CT molecular complexity index is 934. The summed E-state index contributed by atoms with van der Waals surface area (Å²) in [5, 5.41) is 7.63. The number of hydrogen-bond donors (Lipinski definition) is 2. The van der Waals surface area contributed by atoms with Crippen LogP contribution in [0.25, 0.3) is 10.9 Å². The highest BCUT2D eigenvalue weighted by molar-refractivity contribution is 5.95. The Labute approximate surface area is 132 Å². The molecule has 1 amide bonds. The zero-order valence-electron chi connectivity index (χ0n) is 13.2. The van der Waals surface area contributed by atoms with Gasteiger partial charge in [-0.25, -0.2) is 0 Å². The van der Waals surface area contributed by atoms with Gasteiger partial charge in [0.2, 0.25) is 11.5 Å². The van der Waals surface area contributed by atoms with Crippen LogP contribution >= 0.6 is 0 Å². The molecule has 118 valence electrons. The number of aromatic amines is 1. The molecule has 6 nitrogen and oxygen atoms in total. The Morgan fingerprint density at radius 2 is 2.04 bits per heavy atom. The van der Waals surface area contributed by atoms with Crippen molar-refractivity contribution in [2.24, 2.45) is 0 Å². The Hall–Kier alpha value is -2.89. The molecule has 0 unspecified atom stereocenters. The molecule has 0 aliphatic carbocycles. The second-order valence-electron chi connectivity index (χ2n) is 5.60. The van der Waals surface area contributed by atoms with Crippen LogP contribution in [0.5, 0.6) is 0 Å². The first-order valence-corrected chi connectivity index (χ1v) is 7.29. The molecule has 3 aromatic rings. The molecule has 2 heterocycles. The van der Waals surface area contributed by atoms with E-state index in [2.05, 4.69) is 15.5 Å². The first-order chi connectivity index (χ1) is 10.9. The summed E-state index contributed by atoms with van der Waals surface area (Å²) in [6.45, 7) is 5.47. The van der Waals surface area contributed by atoms with Crippen molar-refractivity contribution in [3.05, 3.63) is 57.2 Å². The van der Waals surface area contributed by atoms with Gasteiger partial charge in [-0.2, -0.15) is 0 Å². The molecular weight excluding hydrogens is 294 g/mol. The molecule has 0 saturated carbocycles. The fraction of sp³-hybridized carbons (Fsp3) is 0.235.